The number of nitrogens with two attached hydrogens (primary N) is 1. The molecular formula is C13H27N3O2. The molecule has 5 nitrogen and oxygen atoms in total. The number of rotatable bonds is 6. The summed E-state index contributed by atoms with van der Waals surface area (Å²) in [6.07, 6.45) is 2.61. The lowest BCUT2D eigenvalue weighted by Gasteiger charge is -2.35. The minimum Gasteiger partial charge on any atom is -0.385 e. The maximum Gasteiger partial charge on any atom is 0.237 e. The fourth-order valence-corrected chi connectivity index (χ4v) is 2.24. The second kappa shape index (κ2) is 7.71. The van der Waals surface area contributed by atoms with E-state index in [1.165, 1.54) is 0 Å². The summed E-state index contributed by atoms with van der Waals surface area (Å²) < 4.78 is 4.93. The fourth-order valence-electron chi connectivity index (χ4n) is 2.24. The highest BCUT2D eigenvalue weighted by Crippen LogP contribution is 2.13. The van der Waals surface area contributed by atoms with Crippen molar-refractivity contribution in [2.75, 3.05) is 26.8 Å². The number of hydrogen-bond donors (Lipinski definition) is 2. The Morgan fingerprint density at radius 2 is 2.06 bits per heavy atom. The van der Waals surface area contributed by atoms with Gasteiger partial charge in [-0.05, 0) is 33.1 Å². The monoisotopic (exact) mass is 257 g/mol. The third-order valence-electron chi connectivity index (χ3n) is 3.58. The van der Waals surface area contributed by atoms with E-state index < -0.39 is 6.04 Å². The van der Waals surface area contributed by atoms with Gasteiger partial charge in [0.2, 0.25) is 5.91 Å². The zero-order valence-electron chi connectivity index (χ0n) is 11.8. The van der Waals surface area contributed by atoms with Crippen LogP contribution in [0.5, 0.6) is 0 Å². The lowest BCUT2D eigenvalue weighted by molar-refractivity contribution is -0.123. The average Bonchev–Trinajstić information content (AvgIpc) is 2.36. The Morgan fingerprint density at radius 1 is 1.44 bits per heavy atom. The summed E-state index contributed by atoms with van der Waals surface area (Å²) in [5, 5.41) is 3.04. The Labute approximate surface area is 110 Å². The molecule has 1 amide bonds. The first-order valence-corrected chi connectivity index (χ1v) is 6.83. The van der Waals surface area contributed by atoms with E-state index in [1.807, 2.05) is 0 Å². The standard InChI is InChI=1S/C13H27N3O2/c1-10(2)16-7-4-11(5-8-16)15-13(17)12(14)6-9-18-3/h10-12H,4-9,14H2,1-3H3,(H,15,17). The number of likely N-dealkylation sites (tertiary alicyclic amines) is 1. The Kier molecular flexibility index (Phi) is 6.60. The van der Waals surface area contributed by atoms with Crippen molar-refractivity contribution >= 4 is 5.91 Å². The lowest BCUT2D eigenvalue weighted by atomic mass is 10.0. The van der Waals surface area contributed by atoms with Crippen molar-refractivity contribution in [2.24, 2.45) is 5.73 Å². The molecule has 0 spiro atoms. The van der Waals surface area contributed by atoms with Gasteiger partial charge in [-0.15, -0.1) is 0 Å². The molecule has 1 fully saturated rings. The zero-order chi connectivity index (χ0) is 13.5. The Hall–Kier alpha value is -0.650. The molecule has 0 aliphatic carbocycles. The second-order valence-electron chi connectivity index (χ2n) is 5.30. The van der Waals surface area contributed by atoms with Crippen LogP contribution >= 0.6 is 0 Å². The number of hydrogen-bond acceptors (Lipinski definition) is 4. The molecule has 0 saturated carbocycles. The summed E-state index contributed by atoms with van der Waals surface area (Å²) in [4.78, 5) is 14.3. The van der Waals surface area contributed by atoms with Crippen molar-refractivity contribution in [3.63, 3.8) is 0 Å². The molecular weight excluding hydrogens is 230 g/mol. The smallest absolute Gasteiger partial charge is 0.237 e. The van der Waals surface area contributed by atoms with Crippen LogP contribution in [0.4, 0.5) is 0 Å². The van der Waals surface area contributed by atoms with Crippen LogP contribution in [0.3, 0.4) is 0 Å². The molecule has 1 aliphatic rings. The van der Waals surface area contributed by atoms with Crippen molar-refractivity contribution in [1.29, 1.82) is 0 Å². The maximum absolute atomic E-state index is 11.8. The minimum atomic E-state index is -0.451. The van der Waals surface area contributed by atoms with Gasteiger partial charge < -0.3 is 20.7 Å². The number of carbonyl (C=O) groups is 1. The van der Waals surface area contributed by atoms with Crippen LogP contribution in [0.15, 0.2) is 0 Å². The average molecular weight is 257 g/mol. The van der Waals surface area contributed by atoms with Gasteiger partial charge in [-0.1, -0.05) is 0 Å². The molecule has 1 unspecified atom stereocenters. The maximum atomic E-state index is 11.8. The zero-order valence-corrected chi connectivity index (χ0v) is 11.8. The third-order valence-corrected chi connectivity index (χ3v) is 3.58. The summed E-state index contributed by atoms with van der Waals surface area (Å²) in [7, 11) is 1.62. The van der Waals surface area contributed by atoms with Gasteiger partial charge in [0, 0.05) is 38.9 Å². The van der Waals surface area contributed by atoms with E-state index in [1.54, 1.807) is 7.11 Å². The molecule has 1 aliphatic heterocycles. The summed E-state index contributed by atoms with van der Waals surface area (Å²) in [6.45, 7) is 7.05. The van der Waals surface area contributed by atoms with Gasteiger partial charge in [-0.2, -0.15) is 0 Å². The fraction of sp³-hybridized carbons (Fsp3) is 0.923. The van der Waals surface area contributed by atoms with Crippen LogP contribution in [-0.4, -0.2) is 55.7 Å². The molecule has 1 rings (SSSR count). The van der Waals surface area contributed by atoms with Crippen LogP contribution in [-0.2, 0) is 9.53 Å². The Balaban J connectivity index is 2.25. The molecule has 3 N–H and O–H groups in total. The van der Waals surface area contributed by atoms with Crippen LogP contribution in [0.2, 0.25) is 0 Å². The molecule has 0 aromatic heterocycles. The van der Waals surface area contributed by atoms with Gasteiger partial charge >= 0.3 is 0 Å². The molecule has 1 saturated heterocycles. The molecule has 1 heterocycles. The number of methoxy groups -OCH3 is 1. The van der Waals surface area contributed by atoms with Gasteiger partial charge in [-0.3, -0.25) is 4.79 Å². The predicted octanol–water partition coefficient (Wildman–Crippen LogP) is 0.339. The highest BCUT2D eigenvalue weighted by atomic mass is 16.5. The van der Waals surface area contributed by atoms with E-state index in [4.69, 9.17) is 10.5 Å². The van der Waals surface area contributed by atoms with Gasteiger partial charge in [0.25, 0.3) is 0 Å². The van der Waals surface area contributed by atoms with Gasteiger partial charge in [0.05, 0.1) is 6.04 Å². The van der Waals surface area contributed by atoms with Crippen LogP contribution in [0, 0.1) is 0 Å². The van der Waals surface area contributed by atoms with E-state index in [0.717, 1.165) is 25.9 Å². The molecule has 0 aromatic carbocycles. The van der Waals surface area contributed by atoms with Crippen molar-refractivity contribution in [3.05, 3.63) is 0 Å². The SMILES string of the molecule is COCCC(N)C(=O)NC1CCN(C(C)C)CC1. The molecule has 18 heavy (non-hydrogen) atoms. The number of carbonyl (C=O) groups excluding carboxylic acids is 1. The minimum absolute atomic E-state index is 0.0463. The highest BCUT2D eigenvalue weighted by Gasteiger charge is 2.23. The predicted molar refractivity (Wildman–Crippen MR) is 72.3 cm³/mol. The topological polar surface area (TPSA) is 67.6 Å². The van der Waals surface area contributed by atoms with Gasteiger partial charge in [0.15, 0.2) is 0 Å². The van der Waals surface area contributed by atoms with Crippen molar-refractivity contribution in [3.8, 4) is 0 Å². The van der Waals surface area contributed by atoms with Gasteiger partial charge in [-0.25, -0.2) is 0 Å². The van der Waals surface area contributed by atoms with Crippen molar-refractivity contribution in [1.82, 2.24) is 10.2 Å². The van der Waals surface area contributed by atoms with Crippen molar-refractivity contribution < 1.29 is 9.53 Å². The third kappa shape index (κ3) is 4.92. The van der Waals surface area contributed by atoms with E-state index >= 15 is 0 Å². The second-order valence-corrected chi connectivity index (χ2v) is 5.30. The summed E-state index contributed by atoms with van der Waals surface area (Å²) in [5.41, 5.74) is 5.79. The molecule has 0 aromatic rings. The van der Waals surface area contributed by atoms with Gasteiger partial charge in [0.1, 0.15) is 0 Å². The number of nitrogens with one attached hydrogen (secondary N) is 1. The van der Waals surface area contributed by atoms with E-state index in [-0.39, 0.29) is 11.9 Å². The van der Waals surface area contributed by atoms with Crippen LogP contribution in [0.1, 0.15) is 33.1 Å². The first-order chi connectivity index (χ1) is 8.54. The highest BCUT2D eigenvalue weighted by molar-refractivity contribution is 5.81. The van der Waals surface area contributed by atoms with E-state index in [2.05, 4.69) is 24.1 Å². The normalized spacial score (nSPS) is 20.1. The number of nitrogens with zero attached hydrogens (tertiary/aromatic N) is 1. The molecule has 5 heteroatoms. The summed E-state index contributed by atoms with van der Waals surface area (Å²) in [6, 6.07) is 0.416. The lowest BCUT2D eigenvalue weighted by Crippen LogP contribution is -2.50. The first-order valence-electron chi connectivity index (χ1n) is 6.83. The first kappa shape index (κ1) is 15.4. The van der Waals surface area contributed by atoms with E-state index in [0.29, 0.717) is 19.1 Å². The quantitative estimate of drug-likeness (QED) is 0.720. The van der Waals surface area contributed by atoms with Crippen LogP contribution < -0.4 is 11.1 Å². The summed E-state index contributed by atoms with van der Waals surface area (Å²) in [5.74, 6) is -0.0463. The molecule has 106 valence electrons. The largest absolute Gasteiger partial charge is 0.385 e. The summed E-state index contributed by atoms with van der Waals surface area (Å²) >= 11 is 0. The van der Waals surface area contributed by atoms with Crippen molar-refractivity contribution in [2.45, 2.75) is 51.2 Å². The van der Waals surface area contributed by atoms with E-state index in [9.17, 15) is 4.79 Å². The molecule has 0 radical (unpaired) electrons. The number of ether oxygens (including phenoxy) is 1. The van der Waals surface area contributed by atoms with Crippen LogP contribution in [0.25, 0.3) is 0 Å². The Bertz CT molecular complexity index is 251. The molecule has 0 bridgehead atoms. The molecule has 1 atom stereocenters. The number of piperidine rings is 1. The number of amides is 1. The Morgan fingerprint density at radius 3 is 2.56 bits per heavy atom.